The van der Waals surface area contributed by atoms with Crippen LogP contribution >= 0.6 is 0 Å². The number of nitrogens with zero attached hydrogens (tertiary/aromatic N) is 2. The highest BCUT2D eigenvalue weighted by atomic mass is 32.2. The molecule has 11 heteroatoms. The van der Waals surface area contributed by atoms with E-state index < -0.39 is 34.2 Å². The molecular weight excluding hydrogens is 523 g/mol. The van der Waals surface area contributed by atoms with Crippen molar-refractivity contribution in [1.29, 1.82) is 0 Å². The number of rotatable bonds is 10. The Morgan fingerprint density at radius 2 is 1.62 bits per heavy atom. The molecule has 0 aliphatic carbocycles. The van der Waals surface area contributed by atoms with Gasteiger partial charge >= 0.3 is 0 Å². The van der Waals surface area contributed by atoms with Gasteiger partial charge in [-0.25, -0.2) is 18.2 Å². The van der Waals surface area contributed by atoms with Gasteiger partial charge in [-0.3, -0.25) is 13.9 Å². The van der Waals surface area contributed by atoms with Crippen molar-refractivity contribution in [3.05, 3.63) is 102 Å². The fourth-order valence-corrected chi connectivity index (χ4v) is 4.55. The van der Waals surface area contributed by atoms with E-state index in [1.165, 1.54) is 30.5 Å². The van der Waals surface area contributed by atoms with Crippen LogP contribution in [0.4, 0.5) is 15.8 Å². The number of anilines is 2. The first-order valence-electron chi connectivity index (χ1n) is 11.7. The van der Waals surface area contributed by atoms with E-state index >= 15 is 0 Å². The first-order chi connectivity index (χ1) is 18.7. The van der Waals surface area contributed by atoms with Gasteiger partial charge in [-0.05, 0) is 65.5 Å². The molecule has 0 aliphatic rings. The number of fused-ring (bicyclic) bond motifs is 1. The van der Waals surface area contributed by atoms with Gasteiger partial charge in [-0.1, -0.05) is 36.4 Å². The third kappa shape index (κ3) is 7.62. The normalized spacial score (nSPS) is 11.3. The van der Waals surface area contributed by atoms with Gasteiger partial charge in [-0.15, -0.1) is 0 Å². The minimum absolute atomic E-state index is 0.242. The van der Waals surface area contributed by atoms with E-state index in [2.05, 4.69) is 15.8 Å². The first kappa shape index (κ1) is 27.3. The van der Waals surface area contributed by atoms with Gasteiger partial charge in [0.15, 0.2) is 6.61 Å². The summed E-state index contributed by atoms with van der Waals surface area (Å²) in [5.41, 5.74) is 3.84. The number of nitrogens with one attached hydrogen (secondary N) is 2. The number of hydrogen-bond donors (Lipinski definition) is 2. The summed E-state index contributed by atoms with van der Waals surface area (Å²) in [6.07, 6.45) is 2.44. The van der Waals surface area contributed by atoms with Crippen molar-refractivity contribution < 1.29 is 27.1 Å². The lowest BCUT2D eigenvalue weighted by Crippen LogP contribution is -2.39. The van der Waals surface area contributed by atoms with Crippen molar-refractivity contribution in [1.82, 2.24) is 5.43 Å². The zero-order valence-corrected chi connectivity index (χ0v) is 21.7. The van der Waals surface area contributed by atoms with Crippen molar-refractivity contribution in [3.63, 3.8) is 0 Å². The molecule has 0 aromatic heterocycles. The van der Waals surface area contributed by atoms with E-state index in [0.717, 1.165) is 15.9 Å². The van der Waals surface area contributed by atoms with E-state index in [1.54, 1.807) is 48.5 Å². The van der Waals surface area contributed by atoms with Crippen LogP contribution in [0.2, 0.25) is 0 Å². The summed E-state index contributed by atoms with van der Waals surface area (Å²) in [6.45, 7) is -0.689. The number of carbonyl (C=O) groups excluding carboxylic acids is 2. The third-order valence-electron chi connectivity index (χ3n) is 5.50. The molecule has 0 unspecified atom stereocenters. The molecule has 0 saturated heterocycles. The average Bonchev–Trinajstić information content (AvgIpc) is 2.92. The number of amides is 2. The molecule has 0 fully saturated rings. The van der Waals surface area contributed by atoms with Crippen LogP contribution in [-0.4, -0.2) is 45.9 Å². The van der Waals surface area contributed by atoms with Crippen molar-refractivity contribution in [2.75, 3.05) is 29.0 Å². The van der Waals surface area contributed by atoms with E-state index in [9.17, 15) is 22.4 Å². The molecular formula is C28H25FN4O5S. The molecule has 0 heterocycles. The zero-order valence-electron chi connectivity index (χ0n) is 20.9. The summed E-state index contributed by atoms with van der Waals surface area (Å²) in [7, 11) is -3.75. The molecule has 39 heavy (non-hydrogen) atoms. The number of hydrazone groups is 1. The highest BCUT2D eigenvalue weighted by Gasteiger charge is 2.22. The highest BCUT2D eigenvalue weighted by Crippen LogP contribution is 2.28. The second kappa shape index (κ2) is 12.2. The van der Waals surface area contributed by atoms with Crippen LogP contribution in [0, 0.1) is 5.82 Å². The van der Waals surface area contributed by atoms with Gasteiger partial charge in [0.25, 0.3) is 11.8 Å². The van der Waals surface area contributed by atoms with E-state index in [-0.39, 0.29) is 6.61 Å². The van der Waals surface area contributed by atoms with Crippen LogP contribution < -0.4 is 19.8 Å². The minimum Gasteiger partial charge on any atom is -0.484 e. The average molecular weight is 549 g/mol. The van der Waals surface area contributed by atoms with Crippen LogP contribution in [0.5, 0.6) is 5.75 Å². The van der Waals surface area contributed by atoms with Crippen molar-refractivity contribution in [2.24, 2.45) is 5.10 Å². The lowest BCUT2D eigenvalue weighted by molar-refractivity contribution is -0.119. The van der Waals surface area contributed by atoms with E-state index in [4.69, 9.17) is 4.74 Å². The van der Waals surface area contributed by atoms with Gasteiger partial charge in [0.1, 0.15) is 18.1 Å². The molecule has 0 aliphatic heterocycles. The Labute approximate surface area is 225 Å². The van der Waals surface area contributed by atoms with Gasteiger partial charge in [0.05, 0.1) is 18.2 Å². The number of ether oxygens (including phenoxy) is 1. The minimum atomic E-state index is -3.75. The zero-order chi connectivity index (χ0) is 27.8. The van der Waals surface area contributed by atoms with E-state index in [0.29, 0.717) is 28.1 Å². The Morgan fingerprint density at radius 3 is 2.33 bits per heavy atom. The van der Waals surface area contributed by atoms with E-state index in [1.807, 2.05) is 18.2 Å². The summed E-state index contributed by atoms with van der Waals surface area (Å²) in [5.74, 6) is -0.980. The maximum atomic E-state index is 13.0. The molecule has 0 radical (unpaired) electrons. The van der Waals surface area contributed by atoms with Crippen LogP contribution in [-0.2, 0) is 19.6 Å². The standard InChI is InChI=1S/C28H25FN4O5S/c1-39(36,37)33(26-8-4-6-21-5-2-3-7-25(21)26)18-27(34)32-30-17-20-9-15-24(16-10-20)38-19-28(35)31-23-13-11-22(29)12-14-23/h2-17H,18-19H2,1H3,(H,31,35)(H,32,34)/b30-17-. The lowest BCUT2D eigenvalue weighted by atomic mass is 10.1. The molecule has 2 N–H and O–H groups in total. The first-order valence-corrected chi connectivity index (χ1v) is 13.6. The predicted molar refractivity (Wildman–Crippen MR) is 149 cm³/mol. The lowest BCUT2D eigenvalue weighted by Gasteiger charge is -2.23. The molecule has 4 aromatic rings. The Bertz CT molecular complexity index is 1600. The number of carbonyl (C=O) groups is 2. The van der Waals surface area contributed by atoms with Gasteiger partial charge in [-0.2, -0.15) is 5.10 Å². The largest absolute Gasteiger partial charge is 0.484 e. The molecule has 9 nitrogen and oxygen atoms in total. The summed E-state index contributed by atoms with van der Waals surface area (Å²) >= 11 is 0. The molecule has 0 spiro atoms. The van der Waals surface area contributed by atoms with Crippen LogP contribution in [0.3, 0.4) is 0 Å². The van der Waals surface area contributed by atoms with Crippen LogP contribution in [0.1, 0.15) is 5.56 Å². The molecule has 0 saturated carbocycles. The quantitative estimate of drug-likeness (QED) is 0.230. The number of benzene rings is 4. The van der Waals surface area contributed by atoms with Gasteiger partial charge in [0, 0.05) is 11.1 Å². The van der Waals surface area contributed by atoms with Gasteiger partial charge in [0.2, 0.25) is 10.0 Å². The fraction of sp³-hybridized carbons (Fsp3) is 0.107. The summed E-state index contributed by atoms with van der Waals surface area (Å²) in [5, 5.41) is 8.07. The van der Waals surface area contributed by atoms with Gasteiger partial charge < -0.3 is 10.1 Å². The second-order valence-corrected chi connectivity index (χ2v) is 10.4. The molecule has 200 valence electrons. The number of hydrogen-bond acceptors (Lipinski definition) is 6. The number of halogens is 1. The Hall–Kier alpha value is -4.77. The maximum absolute atomic E-state index is 13.0. The maximum Gasteiger partial charge on any atom is 0.262 e. The monoisotopic (exact) mass is 548 g/mol. The summed E-state index contributed by atoms with van der Waals surface area (Å²) < 4.78 is 44.4. The predicted octanol–water partition coefficient (Wildman–Crippen LogP) is 3.91. The van der Waals surface area contributed by atoms with Crippen molar-refractivity contribution >= 4 is 50.2 Å². The van der Waals surface area contributed by atoms with Crippen LogP contribution in [0.25, 0.3) is 10.8 Å². The Kier molecular flexibility index (Phi) is 8.52. The summed E-state index contributed by atoms with van der Waals surface area (Å²) in [6, 6.07) is 24.5. The van der Waals surface area contributed by atoms with Crippen molar-refractivity contribution in [3.8, 4) is 5.75 Å². The highest BCUT2D eigenvalue weighted by molar-refractivity contribution is 7.92. The molecule has 0 bridgehead atoms. The topological polar surface area (TPSA) is 117 Å². The Morgan fingerprint density at radius 1 is 0.923 bits per heavy atom. The summed E-state index contributed by atoms with van der Waals surface area (Å²) in [4.78, 5) is 24.5. The smallest absolute Gasteiger partial charge is 0.262 e. The molecule has 0 atom stereocenters. The third-order valence-corrected chi connectivity index (χ3v) is 6.63. The number of sulfonamides is 1. The van der Waals surface area contributed by atoms with Crippen LogP contribution in [0.15, 0.2) is 96.1 Å². The molecule has 4 rings (SSSR count). The fourth-order valence-electron chi connectivity index (χ4n) is 3.68. The van der Waals surface area contributed by atoms with Crippen molar-refractivity contribution in [2.45, 2.75) is 0 Å². The molecule has 2 amide bonds. The SMILES string of the molecule is CS(=O)(=O)N(CC(=O)N/N=C\c1ccc(OCC(=O)Nc2ccc(F)cc2)cc1)c1cccc2ccccc12. The Balaban J connectivity index is 1.31. The second-order valence-electron chi connectivity index (χ2n) is 8.47. The molecule has 4 aromatic carbocycles.